The highest BCUT2D eigenvalue weighted by Gasteiger charge is 2.11. The van der Waals surface area contributed by atoms with E-state index in [1.807, 2.05) is 63.2 Å². The lowest BCUT2D eigenvalue weighted by Gasteiger charge is -2.14. The fourth-order valence-corrected chi connectivity index (χ4v) is 2.96. The molecule has 0 aliphatic heterocycles. The van der Waals surface area contributed by atoms with Crippen LogP contribution >= 0.6 is 11.6 Å². The summed E-state index contributed by atoms with van der Waals surface area (Å²) in [7, 11) is 0. The Hall–Kier alpha value is -3.18. The first kappa shape index (κ1) is 20.6. The number of aromatic nitrogens is 1. The number of hydrogen-bond donors (Lipinski definition) is 2. The van der Waals surface area contributed by atoms with Crippen molar-refractivity contribution in [3.8, 4) is 0 Å². The Labute approximate surface area is 175 Å². The highest BCUT2D eigenvalue weighted by Crippen LogP contribution is 2.19. The minimum Gasteiger partial charge on any atom is -0.326 e. The van der Waals surface area contributed by atoms with Gasteiger partial charge in [-0.2, -0.15) is 0 Å². The Balaban J connectivity index is 1.84. The van der Waals surface area contributed by atoms with Crippen molar-refractivity contribution in [1.29, 1.82) is 0 Å². The van der Waals surface area contributed by atoms with Crippen molar-refractivity contribution in [3.63, 3.8) is 0 Å². The van der Waals surface area contributed by atoms with E-state index in [2.05, 4.69) is 20.6 Å². The molecule has 0 saturated carbocycles. The number of hydrogen-bond acceptors (Lipinski definition) is 3. The predicted molar refractivity (Wildman–Crippen MR) is 119 cm³/mol. The number of halogens is 1. The van der Waals surface area contributed by atoms with Gasteiger partial charge in [0.05, 0.1) is 6.54 Å². The average molecular weight is 407 g/mol. The molecule has 0 radical (unpaired) electrons. The van der Waals surface area contributed by atoms with Crippen molar-refractivity contribution in [3.05, 3.63) is 93.8 Å². The number of amides is 1. The number of aryl methyl sites for hydroxylation is 3. The molecule has 1 heterocycles. The molecular formula is C23H23ClN4O. The van der Waals surface area contributed by atoms with E-state index in [4.69, 9.17) is 11.6 Å². The van der Waals surface area contributed by atoms with Crippen LogP contribution in [0.1, 0.15) is 32.6 Å². The molecule has 2 N–H and O–H groups in total. The highest BCUT2D eigenvalue weighted by atomic mass is 35.5. The topological polar surface area (TPSA) is 66.4 Å². The molecule has 1 amide bonds. The number of carbonyl (C=O) groups excluding carboxylic acids is 1. The van der Waals surface area contributed by atoms with Gasteiger partial charge in [0.15, 0.2) is 0 Å². The summed E-state index contributed by atoms with van der Waals surface area (Å²) in [5, 5.41) is 6.75. The first-order chi connectivity index (χ1) is 13.9. The first-order valence-electron chi connectivity index (χ1n) is 9.27. The van der Waals surface area contributed by atoms with Crippen LogP contribution in [0.2, 0.25) is 5.02 Å². The number of aliphatic imine (C=N–C) groups is 1. The summed E-state index contributed by atoms with van der Waals surface area (Å²) in [6.07, 6.45) is 3.46. The van der Waals surface area contributed by atoms with Gasteiger partial charge in [-0.1, -0.05) is 23.7 Å². The molecule has 6 heteroatoms. The van der Waals surface area contributed by atoms with Crippen LogP contribution in [0.5, 0.6) is 0 Å². The second-order valence-corrected chi connectivity index (χ2v) is 7.30. The highest BCUT2D eigenvalue weighted by molar-refractivity contribution is 6.30. The van der Waals surface area contributed by atoms with E-state index < -0.39 is 0 Å². The summed E-state index contributed by atoms with van der Waals surface area (Å²) in [6.45, 7) is 6.33. The van der Waals surface area contributed by atoms with Crippen LogP contribution in [-0.2, 0) is 6.54 Å². The number of pyridine rings is 1. The Morgan fingerprint density at radius 3 is 2.55 bits per heavy atom. The van der Waals surface area contributed by atoms with Gasteiger partial charge in [0, 0.05) is 28.7 Å². The third-order valence-corrected chi connectivity index (χ3v) is 4.82. The van der Waals surface area contributed by atoms with Gasteiger partial charge in [-0.3, -0.25) is 15.1 Å². The lowest BCUT2D eigenvalue weighted by Crippen LogP contribution is -2.36. The Bertz CT molecular complexity index is 1050. The molecule has 0 saturated heterocycles. The average Bonchev–Trinajstić information content (AvgIpc) is 2.71. The lowest BCUT2D eigenvalue weighted by atomic mass is 10.1. The van der Waals surface area contributed by atoms with E-state index >= 15 is 0 Å². The van der Waals surface area contributed by atoms with Crippen LogP contribution < -0.4 is 10.6 Å². The summed E-state index contributed by atoms with van der Waals surface area (Å²) >= 11 is 6.05. The third-order valence-electron chi connectivity index (χ3n) is 4.59. The predicted octanol–water partition coefficient (Wildman–Crippen LogP) is 5.06. The Morgan fingerprint density at radius 1 is 1.03 bits per heavy atom. The smallest absolute Gasteiger partial charge is 0.257 e. The van der Waals surface area contributed by atoms with Crippen LogP contribution in [0.3, 0.4) is 0 Å². The number of benzene rings is 2. The van der Waals surface area contributed by atoms with Crippen molar-refractivity contribution >= 4 is 29.2 Å². The van der Waals surface area contributed by atoms with Crippen molar-refractivity contribution in [1.82, 2.24) is 10.3 Å². The minimum atomic E-state index is -0.225. The molecule has 0 fully saturated rings. The molecule has 0 unspecified atom stereocenters. The molecule has 0 bridgehead atoms. The van der Waals surface area contributed by atoms with E-state index in [1.165, 1.54) is 0 Å². The minimum absolute atomic E-state index is 0.225. The second-order valence-electron chi connectivity index (χ2n) is 6.86. The molecule has 29 heavy (non-hydrogen) atoms. The van der Waals surface area contributed by atoms with Crippen LogP contribution in [0.4, 0.5) is 5.69 Å². The molecular weight excluding hydrogens is 384 g/mol. The van der Waals surface area contributed by atoms with Gasteiger partial charge >= 0.3 is 0 Å². The lowest BCUT2D eigenvalue weighted by molar-refractivity contribution is 0.0977. The monoisotopic (exact) mass is 406 g/mol. The molecule has 0 spiro atoms. The molecule has 0 atom stereocenters. The van der Waals surface area contributed by atoms with Crippen LogP contribution in [0.25, 0.3) is 0 Å². The van der Waals surface area contributed by atoms with Gasteiger partial charge in [0.25, 0.3) is 5.91 Å². The van der Waals surface area contributed by atoms with Crippen molar-refractivity contribution < 1.29 is 4.79 Å². The molecule has 0 aliphatic rings. The molecule has 5 nitrogen and oxygen atoms in total. The molecule has 148 valence electrons. The summed E-state index contributed by atoms with van der Waals surface area (Å²) in [5.41, 5.74) is 5.50. The summed E-state index contributed by atoms with van der Waals surface area (Å²) in [6, 6.07) is 14.9. The van der Waals surface area contributed by atoms with Gasteiger partial charge in [0.2, 0.25) is 5.96 Å². The SMILES string of the molecule is Cc1ccc(C(=O)NC(=NCc2cccnc2)Nc2ccc(Cl)cc2C)cc1C. The summed E-state index contributed by atoms with van der Waals surface area (Å²) < 4.78 is 0. The maximum Gasteiger partial charge on any atom is 0.257 e. The molecule has 2 aromatic carbocycles. The van der Waals surface area contributed by atoms with Crippen LogP contribution in [-0.4, -0.2) is 16.9 Å². The van der Waals surface area contributed by atoms with Gasteiger partial charge < -0.3 is 5.32 Å². The Morgan fingerprint density at radius 2 is 1.86 bits per heavy atom. The molecule has 3 rings (SSSR count). The standard InChI is InChI=1S/C23H23ClN4O/c1-15-6-7-19(11-16(15)2)22(29)28-23(26-14-18-5-4-10-25-13-18)27-21-9-8-20(24)12-17(21)3/h4-13H,14H2,1-3H3,(H2,26,27,28,29). The zero-order valence-corrected chi connectivity index (χ0v) is 17.4. The number of anilines is 1. The number of rotatable bonds is 4. The first-order valence-corrected chi connectivity index (χ1v) is 9.65. The van der Waals surface area contributed by atoms with Gasteiger partial charge in [-0.15, -0.1) is 0 Å². The van der Waals surface area contributed by atoms with Gasteiger partial charge in [-0.25, -0.2) is 4.99 Å². The zero-order chi connectivity index (χ0) is 20.8. The van der Waals surface area contributed by atoms with E-state index in [-0.39, 0.29) is 5.91 Å². The van der Waals surface area contributed by atoms with Gasteiger partial charge in [-0.05, 0) is 79.4 Å². The largest absolute Gasteiger partial charge is 0.326 e. The quantitative estimate of drug-likeness (QED) is 0.470. The van der Waals surface area contributed by atoms with Crippen molar-refractivity contribution in [2.45, 2.75) is 27.3 Å². The van der Waals surface area contributed by atoms with E-state index in [1.54, 1.807) is 18.5 Å². The van der Waals surface area contributed by atoms with Crippen LogP contribution in [0.15, 0.2) is 65.9 Å². The Kier molecular flexibility index (Phi) is 6.62. The van der Waals surface area contributed by atoms with E-state index in [0.717, 1.165) is 27.9 Å². The zero-order valence-electron chi connectivity index (χ0n) is 16.7. The maximum atomic E-state index is 12.8. The third kappa shape index (κ3) is 5.65. The molecule has 0 aliphatic carbocycles. The maximum absolute atomic E-state index is 12.8. The number of carbonyl (C=O) groups is 1. The van der Waals surface area contributed by atoms with E-state index in [9.17, 15) is 4.79 Å². The van der Waals surface area contributed by atoms with Crippen molar-refractivity contribution in [2.24, 2.45) is 4.99 Å². The second kappa shape index (κ2) is 9.34. The van der Waals surface area contributed by atoms with Crippen molar-refractivity contribution in [2.75, 3.05) is 5.32 Å². The van der Waals surface area contributed by atoms with Gasteiger partial charge in [0.1, 0.15) is 0 Å². The molecule has 3 aromatic rings. The molecule has 1 aromatic heterocycles. The fraction of sp³-hybridized carbons (Fsp3) is 0.174. The normalized spacial score (nSPS) is 11.2. The summed E-state index contributed by atoms with van der Waals surface area (Å²) in [5.74, 6) is 0.139. The van der Waals surface area contributed by atoms with E-state index in [0.29, 0.717) is 23.1 Å². The number of nitrogens with zero attached hydrogens (tertiary/aromatic N) is 2. The van der Waals surface area contributed by atoms with Crippen LogP contribution in [0, 0.1) is 20.8 Å². The summed E-state index contributed by atoms with van der Waals surface area (Å²) in [4.78, 5) is 21.5. The number of guanidine groups is 1. The number of nitrogens with one attached hydrogen (secondary N) is 2. The fourth-order valence-electron chi connectivity index (χ4n) is 2.73.